The third-order valence-corrected chi connectivity index (χ3v) is 0.802. The van der Waals surface area contributed by atoms with Crippen LogP contribution in [0.2, 0.25) is 0 Å². The number of carbonyl (C=O) groups excluding carboxylic acids is 2. The van der Waals surface area contributed by atoms with Gasteiger partial charge in [0, 0.05) is 6.92 Å². The van der Waals surface area contributed by atoms with Gasteiger partial charge in [0.2, 0.25) is 5.91 Å². The highest BCUT2D eigenvalue weighted by atomic mass is 16.5. The van der Waals surface area contributed by atoms with Crippen LogP contribution < -0.4 is 10.9 Å². The molecule has 5 nitrogen and oxygen atoms in total. The molecule has 0 aromatic rings. The standard InChI is InChI=1S/C6H12N2O3/c1-3-11-6(10)4-7-8-5(2)9/h7H,3-4H2,1-2H3,(H,8,9). The molecule has 0 saturated carbocycles. The molecule has 11 heavy (non-hydrogen) atoms. The molecule has 64 valence electrons. The minimum absolute atomic E-state index is 0.00653. The van der Waals surface area contributed by atoms with E-state index in [0.717, 1.165) is 0 Å². The van der Waals surface area contributed by atoms with Gasteiger partial charge >= 0.3 is 5.97 Å². The van der Waals surface area contributed by atoms with Crippen molar-refractivity contribution >= 4 is 11.9 Å². The van der Waals surface area contributed by atoms with E-state index >= 15 is 0 Å². The van der Waals surface area contributed by atoms with Crippen molar-refractivity contribution in [2.24, 2.45) is 0 Å². The molecule has 0 aliphatic heterocycles. The van der Waals surface area contributed by atoms with Crippen molar-refractivity contribution in [2.75, 3.05) is 13.2 Å². The average Bonchev–Trinajstić information content (AvgIpc) is 1.87. The predicted molar refractivity (Wildman–Crippen MR) is 38.5 cm³/mol. The lowest BCUT2D eigenvalue weighted by atomic mass is 10.6. The van der Waals surface area contributed by atoms with E-state index in [4.69, 9.17) is 0 Å². The number of amides is 1. The molecular formula is C6H12N2O3. The van der Waals surface area contributed by atoms with Crippen LogP contribution in [-0.2, 0) is 14.3 Å². The summed E-state index contributed by atoms with van der Waals surface area (Å²) in [6.07, 6.45) is 0. The Labute approximate surface area is 65.1 Å². The fourth-order valence-electron chi connectivity index (χ4n) is 0.453. The van der Waals surface area contributed by atoms with Crippen molar-refractivity contribution in [2.45, 2.75) is 13.8 Å². The molecule has 0 aliphatic carbocycles. The van der Waals surface area contributed by atoms with Crippen molar-refractivity contribution in [3.63, 3.8) is 0 Å². The Morgan fingerprint density at radius 3 is 2.55 bits per heavy atom. The Morgan fingerprint density at radius 2 is 2.09 bits per heavy atom. The average molecular weight is 160 g/mol. The molecule has 0 heterocycles. The van der Waals surface area contributed by atoms with Crippen LogP contribution in [-0.4, -0.2) is 25.0 Å². The van der Waals surface area contributed by atoms with Gasteiger partial charge in [-0.2, -0.15) is 0 Å². The Morgan fingerprint density at radius 1 is 1.45 bits per heavy atom. The first-order valence-corrected chi connectivity index (χ1v) is 3.32. The number of hydrogen-bond donors (Lipinski definition) is 2. The molecule has 0 rings (SSSR count). The van der Waals surface area contributed by atoms with Crippen molar-refractivity contribution < 1.29 is 14.3 Å². The molecule has 0 aromatic carbocycles. The van der Waals surface area contributed by atoms with Crippen LogP contribution in [0.15, 0.2) is 0 Å². The molecule has 0 aromatic heterocycles. The number of carbonyl (C=O) groups is 2. The van der Waals surface area contributed by atoms with Gasteiger partial charge in [0.25, 0.3) is 0 Å². The van der Waals surface area contributed by atoms with Crippen molar-refractivity contribution in [3.05, 3.63) is 0 Å². The molecule has 1 amide bonds. The highest BCUT2D eigenvalue weighted by Gasteiger charge is 1.99. The lowest BCUT2D eigenvalue weighted by molar-refractivity contribution is -0.142. The van der Waals surface area contributed by atoms with Crippen molar-refractivity contribution in [3.8, 4) is 0 Å². The highest BCUT2D eigenvalue weighted by molar-refractivity contribution is 5.74. The van der Waals surface area contributed by atoms with Crippen LogP contribution in [0.3, 0.4) is 0 Å². The van der Waals surface area contributed by atoms with Gasteiger partial charge in [0.1, 0.15) is 6.54 Å². The minimum atomic E-state index is -0.388. The molecule has 0 unspecified atom stereocenters. The van der Waals surface area contributed by atoms with Crippen LogP contribution in [0, 0.1) is 0 Å². The Hall–Kier alpha value is -1.10. The summed E-state index contributed by atoms with van der Waals surface area (Å²) in [5, 5.41) is 0. The van der Waals surface area contributed by atoms with E-state index in [9.17, 15) is 9.59 Å². The van der Waals surface area contributed by atoms with Gasteiger partial charge in [-0.1, -0.05) is 0 Å². The third kappa shape index (κ3) is 6.79. The van der Waals surface area contributed by atoms with Gasteiger partial charge in [-0.25, -0.2) is 5.43 Å². The summed E-state index contributed by atoms with van der Waals surface area (Å²) >= 11 is 0. The second-order valence-electron chi connectivity index (χ2n) is 1.84. The molecule has 5 heteroatoms. The molecule has 0 fully saturated rings. The van der Waals surface area contributed by atoms with Crippen LogP contribution in [0.1, 0.15) is 13.8 Å². The maximum atomic E-state index is 10.6. The maximum absolute atomic E-state index is 10.6. The first-order valence-electron chi connectivity index (χ1n) is 3.32. The summed E-state index contributed by atoms with van der Waals surface area (Å²) in [4.78, 5) is 20.8. The number of nitrogens with one attached hydrogen (secondary N) is 2. The topological polar surface area (TPSA) is 67.4 Å². The summed E-state index contributed by atoms with van der Waals surface area (Å²) in [5.41, 5.74) is 4.64. The van der Waals surface area contributed by atoms with Crippen LogP contribution >= 0.6 is 0 Å². The number of hydrogen-bond acceptors (Lipinski definition) is 4. The second-order valence-corrected chi connectivity index (χ2v) is 1.84. The van der Waals surface area contributed by atoms with E-state index in [0.29, 0.717) is 6.61 Å². The van der Waals surface area contributed by atoms with Gasteiger partial charge in [0.15, 0.2) is 0 Å². The van der Waals surface area contributed by atoms with E-state index in [1.165, 1.54) is 6.92 Å². The van der Waals surface area contributed by atoms with E-state index in [2.05, 4.69) is 15.6 Å². The Balaban J connectivity index is 3.24. The number of hydrazine groups is 1. The van der Waals surface area contributed by atoms with Crippen LogP contribution in [0.4, 0.5) is 0 Å². The van der Waals surface area contributed by atoms with Crippen molar-refractivity contribution in [1.82, 2.24) is 10.9 Å². The summed E-state index contributed by atoms with van der Waals surface area (Å²) in [6, 6.07) is 0. The molecule has 0 atom stereocenters. The quantitative estimate of drug-likeness (QED) is 0.417. The largest absolute Gasteiger partial charge is 0.465 e. The van der Waals surface area contributed by atoms with E-state index in [-0.39, 0.29) is 18.4 Å². The molecule has 0 saturated heterocycles. The monoisotopic (exact) mass is 160 g/mol. The smallest absolute Gasteiger partial charge is 0.321 e. The summed E-state index contributed by atoms with van der Waals surface area (Å²) in [6.45, 7) is 3.41. The Kier molecular flexibility index (Phi) is 5.10. The predicted octanol–water partition coefficient (Wildman–Crippen LogP) is -0.810. The second kappa shape index (κ2) is 5.67. The van der Waals surface area contributed by atoms with Gasteiger partial charge in [-0.05, 0) is 6.92 Å². The van der Waals surface area contributed by atoms with Gasteiger partial charge in [-0.3, -0.25) is 15.0 Å². The third-order valence-electron chi connectivity index (χ3n) is 0.802. The molecule has 2 N–H and O–H groups in total. The zero-order valence-electron chi connectivity index (χ0n) is 6.64. The van der Waals surface area contributed by atoms with E-state index in [1.54, 1.807) is 6.92 Å². The normalized spacial score (nSPS) is 8.91. The first kappa shape index (κ1) is 9.90. The molecule has 0 aliphatic rings. The zero-order valence-corrected chi connectivity index (χ0v) is 6.64. The minimum Gasteiger partial charge on any atom is -0.465 e. The highest BCUT2D eigenvalue weighted by Crippen LogP contribution is 1.72. The van der Waals surface area contributed by atoms with E-state index in [1.807, 2.05) is 0 Å². The van der Waals surface area contributed by atoms with E-state index < -0.39 is 0 Å². The summed E-state index contributed by atoms with van der Waals surface area (Å²) < 4.78 is 4.57. The van der Waals surface area contributed by atoms with Gasteiger partial charge in [0.05, 0.1) is 6.61 Å². The van der Waals surface area contributed by atoms with Gasteiger partial charge < -0.3 is 4.74 Å². The van der Waals surface area contributed by atoms with Crippen LogP contribution in [0.5, 0.6) is 0 Å². The summed E-state index contributed by atoms with van der Waals surface area (Å²) in [7, 11) is 0. The first-order chi connectivity index (χ1) is 5.16. The zero-order chi connectivity index (χ0) is 8.69. The fourth-order valence-corrected chi connectivity index (χ4v) is 0.453. The lowest BCUT2D eigenvalue weighted by Crippen LogP contribution is -2.39. The molecule has 0 bridgehead atoms. The maximum Gasteiger partial charge on any atom is 0.321 e. The number of rotatable bonds is 4. The van der Waals surface area contributed by atoms with Crippen LogP contribution in [0.25, 0.3) is 0 Å². The lowest BCUT2D eigenvalue weighted by Gasteiger charge is -2.03. The number of esters is 1. The van der Waals surface area contributed by atoms with Crippen molar-refractivity contribution in [1.29, 1.82) is 0 Å². The fraction of sp³-hybridized carbons (Fsp3) is 0.667. The Bertz CT molecular complexity index is 147. The molecule has 0 radical (unpaired) electrons. The molecular weight excluding hydrogens is 148 g/mol. The summed E-state index contributed by atoms with van der Waals surface area (Å²) in [5.74, 6) is -0.629. The SMILES string of the molecule is CCOC(=O)CNNC(C)=O. The molecule has 0 spiro atoms. The number of ether oxygens (including phenoxy) is 1. The van der Waals surface area contributed by atoms with Gasteiger partial charge in [-0.15, -0.1) is 0 Å².